The average Bonchev–Trinajstić information content (AvgIpc) is 3.10. The number of hydrogen-bond acceptors (Lipinski definition) is 4. The van der Waals surface area contributed by atoms with Crippen LogP contribution in [0.3, 0.4) is 0 Å². The summed E-state index contributed by atoms with van der Waals surface area (Å²) in [5.41, 5.74) is 1.98. The number of piperidine rings is 1. The summed E-state index contributed by atoms with van der Waals surface area (Å²) in [6.45, 7) is 5.24. The Hall–Kier alpha value is -2.63. The summed E-state index contributed by atoms with van der Waals surface area (Å²) < 4.78 is 0. The Morgan fingerprint density at radius 2 is 2.00 bits per heavy atom. The number of nitrogens with zero attached hydrogens (tertiary/aromatic N) is 3. The molecule has 2 aromatic rings. The van der Waals surface area contributed by atoms with Gasteiger partial charge in [0.15, 0.2) is 0 Å². The highest BCUT2D eigenvalue weighted by Crippen LogP contribution is 2.33. The van der Waals surface area contributed by atoms with E-state index in [2.05, 4.69) is 21.3 Å². The van der Waals surface area contributed by atoms with Gasteiger partial charge in [-0.25, -0.2) is 0 Å². The quantitative estimate of drug-likeness (QED) is 0.903. The number of carbonyl (C=O) groups excluding carboxylic acids is 2. The van der Waals surface area contributed by atoms with Crippen molar-refractivity contribution in [1.29, 1.82) is 0 Å². The number of pyridine rings is 1. The van der Waals surface area contributed by atoms with Crippen LogP contribution in [-0.4, -0.2) is 47.9 Å². The second kappa shape index (κ2) is 7.55. The van der Waals surface area contributed by atoms with Gasteiger partial charge in [0.25, 0.3) is 0 Å². The molecule has 2 fully saturated rings. The van der Waals surface area contributed by atoms with E-state index in [0.29, 0.717) is 19.5 Å². The number of rotatable bonds is 4. The molecule has 2 aliphatic rings. The largest absolute Gasteiger partial charge is 0.371 e. The Balaban J connectivity index is 1.59. The first-order valence-corrected chi connectivity index (χ1v) is 9.87. The van der Waals surface area contributed by atoms with Crippen LogP contribution in [0.5, 0.6) is 0 Å². The van der Waals surface area contributed by atoms with Crippen LogP contribution < -0.4 is 10.2 Å². The van der Waals surface area contributed by atoms with Gasteiger partial charge in [0, 0.05) is 61.5 Å². The number of benzene rings is 1. The van der Waals surface area contributed by atoms with Crippen molar-refractivity contribution >= 4 is 34.0 Å². The Bertz CT molecular complexity index is 860. The second-order valence-electron chi connectivity index (χ2n) is 7.42. The van der Waals surface area contributed by atoms with Gasteiger partial charge in [-0.05, 0) is 44.4 Å². The normalized spacial score (nSPS) is 20.3. The zero-order chi connectivity index (χ0) is 18.8. The summed E-state index contributed by atoms with van der Waals surface area (Å²) in [6.07, 6.45) is 7.64. The number of amides is 2. The van der Waals surface area contributed by atoms with Gasteiger partial charge in [-0.15, -0.1) is 0 Å². The van der Waals surface area contributed by atoms with Crippen LogP contribution in [0, 0.1) is 5.92 Å². The number of carbonyl (C=O) groups is 2. The SMILES string of the molecule is CCN1CC(C(=O)Nc2ccc(N3CCCCC3)c3ccncc23)CC1=O. The molecule has 1 N–H and O–H groups in total. The summed E-state index contributed by atoms with van der Waals surface area (Å²) in [5.74, 6) is -0.314. The molecule has 2 amide bonds. The average molecular weight is 366 g/mol. The lowest BCUT2D eigenvalue weighted by Gasteiger charge is -2.30. The minimum absolute atomic E-state index is 0.0598. The highest BCUT2D eigenvalue weighted by atomic mass is 16.2. The van der Waals surface area contributed by atoms with Crippen molar-refractivity contribution in [2.24, 2.45) is 5.92 Å². The molecule has 27 heavy (non-hydrogen) atoms. The predicted molar refractivity (Wildman–Crippen MR) is 107 cm³/mol. The minimum atomic E-state index is -0.286. The Morgan fingerprint density at radius 3 is 2.74 bits per heavy atom. The molecule has 6 heteroatoms. The van der Waals surface area contributed by atoms with Crippen molar-refractivity contribution < 1.29 is 9.59 Å². The van der Waals surface area contributed by atoms with E-state index >= 15 is 0 Å². The number of anilines is 2. The minimum Gasteiger partial charge on any atom is -0.371 e. The fourth-order valence-electron chi connectivity index (χ4n) is 4.18. The Kier molecular flexibility index (Phi) is 4.97. The zero-order valence-corrected chi connectivity index (χ0v) is 15.8. The molecule has 0 bridgehead atoms. The second-order valence-corrected chi connectivity index (χ2v) is 7.42. The lowest BCUT2D eigenvalue weighted by Crippen LogP contribution is -2.29. The summed E-state index contributed by atoms with van der Waals surface area (Å²) in [6, 6.07) is 6.09. The van der Waals surface area contributed by atoms with Crippen molar-refractivity contribution in [3.05, 3.63) is 30.6 Å². The van der Waals surface area contributed by atoms with E-state index in [9.17, 15) is 9.59 Å². The maximum atomic E-state index is 12.7. The topological polar surface area (TPSA) is 65.5 Å². The molecule has 4 rings (SSSR count). The van der Waals surface area contributed by atoms with Crippen LogP contribution in [-0.2, 0) is 9.59 Å². The van der Waals surface area contributed by atoms with Crippen molar-refractivity contribution in [3.63, 3.8) is 0 Å². The number of aromatic nitrogens is 1. The maximum absolute atomic E-state index is 12.7. The fraction of sp³-hybridized carbons (Fsp3) is 0.476. The van der Waals surface area contributed by atoms with Crippen LogP contribution in [0.1, 0.15) is 32.6 Å². The molecule has 142 valence electrons. The van der Waals surface area contributed by atoms with E-state index in [0.717, 1.165) is 29.5 Å². The number of fused-ring (bicyclic) bond motifs is 1. The smallest absolute Gasteiger partial charge is 0.229 e. The molecule has 3 heterocycles. The molecule has 1 aromatic carbocycles. The zero-order valence-electron chi connectivity index (χ0n) is 15.8. The van der Waals surface area contributed by atoms with Gasteiger partial charge < -0.3 is 15.1 Å². The first-order chi connectivity index (χ1) is 13.2. The highest BCUT2D eigenvalue weighted by Gasteiger charge is 2.33. The van der Waals surface area contributed by atoms with Crippen molar-refractivity contribution in [2.45, 2.75) is 32.6 Å². The van der Waals surface area contributed by atoms with Crippen LogP contribution >= 0.6 is 0 Å². The molecule has 0 spiro atoms. The van der Waals surface area contributed by atoms with Gasteiger partial charge >= 0.3 is 0 Å². The lowest BCUT2D eigenvalue weighted by molar-refractivity contribution is -0.128. The molecule has 0 saturated carbocycles. The van der Waals surface area contributed by atoms with E-state index in [1.165, 1.54) is 24.9 Å². The van der Waals surface area contributed by atoms with Crippen molar-refractivity contribution in [3.8, 4) is 0 Å². The van der Waals surface area contributed by atoms with Gasteiger partial charge in [-0.3, -0.25) is 14.6 Å². The van der Waals surface area contributed by atoms with Gasteiger partial charge in [-0.2, -0.15) is 0 Å². The Morgan fingerprint density at radius 1 is 1.19 bits per heavy atom. The van der Waals surface area contributed by atoms with E-state index in [4.69, 9.17) is 0 Å². The molecular weight excluding hydrogens is 340 g/mol. The highest BCUT2D eigenvalue weighted by molar-refractivity contribution is 6.07. The monoisotopic (exact) mass is 366 g/mol. The molecule has 2 saturated heterocycles. The van der Waals surface area contributed by atoms with E-state index in [-0.39, 0.29) is 17.7 Å². The van der Waals surface area contributed by atoms with Gasteiger partial charge in [0.05, 0.1) is 11.6 Å². The molecule has 2 aliphatic heterocycles. The molecular formula is C21H26N4O2. The lowest BCUT2D eigenvalue weighted by atomic mass is 10.0. The maximum Gasteiger partial charge on any atom is 0.229 e. The predicted octanol–water partition coefficient (Wildman–Crippen LogP) is 3.03. The number of nitrogens with one attached hydrogen (secondary N) is 1. The summed E-state index contributed by atoms with van der Waals surface area (Å²) in [4.78, 5) is 33.1. The molecule has 0 radical (unpaired) electrons. The third-order valence-corrected chi connectivity index (χ3v) is 5.72. The van der Waals surface area contributed by atoms with E-state index in [1.807, 2.05) is 25.3 Å². The molecule has 1 aromatic heterocycles. The molecule has 0 aliphatic carbocycles. The van der Waals surface area contributed by atoms with Crippen molar-refractivity contribution in [2.75, 3.05) is 36.4 Å². The van der Waals surface area contributed by atoms with Crippen LogP contribution in [0.2, 0.25) is 0 Å². The standard InChI is InChI=1S/C21H26N4O2/c1-2-24-14-15(12-20(24)26)21(27)23-18-6-7-19(25-10-4-3-5-11-25)16-8-9-22-13-17(16)18/h6-9,13,15H,2-5,10-12,14H2,1H3,(H,23,27). The van der Waals surface area contributed by atoms with Gasteiger partial charge in [0.1, 0.15) is 0 Å². The van der Waals surface area contributed by atoms with E-state index < -0.39 is 0 Å². The summed E-state index contributed by atoms with van der Waals surface area (Å²) in [5, 5.41) is 5.11. The Labute approximate surface area is 159 Å². The molecule has 6 nitrogen and oxygen atoms in total. The van der Waals surface area contributed by atoms with Crippen LogP contribution in [0.4, 0.5) is 11.4 Å². The summed E-state index contributed by atoms with van der Waals surface area (Å²) in [7, 11) is 0. The first-order valence-electron chi connectivity index (χ1n) is 9.87. The fourth-order valence-corrected chi connectivity index (χ4v) is 4.18. The molecule has 1 unspecified atom stereocenters. The number of hydrogen-bond donors (Lipinski definition) is 1. The van der Waals surface area contributed by atoms with Crippen LogP contribution in [0.15, 0.2) is 30.6 Å². The van der Waals surface area contributed by atoms with Crippen LogP contribution in [0.25, 0.3) is 10.8 Å². The third kappa shape index (κ3) is 3.48. The third-order valence-electron chi connectivity index (χ3n) is 5.72. The van der Waals surface area contributed by atoms with E-state index in [1.54, 1.807) is 11.1 Å². The van der Waals surface area contributed by atoms with Gasteiger partial charge in [0.2, 0.25) is 11.8 Å². The number of likely N-dealkylation sites (tertiary alicyclic amines) is 1. The first kappa shape index (κ1) is 17.8. The van der Waals surface area contributed by atoms with Crippen molar-refractivity contribution in [1.82, 2.24) is 9.88 Å². The summed E-state index contributed by atoms with van der Waals surface area (Å²) >= 11 is 0. The molecule has 1 atom stereocenters. The van der Waals surface area contributed by atoms with Gasteiger partial charge in [-0.1, -0.05) is 0 Å².